The van der Waals surface area contributed by atoms with Crippen LogP contribution in [0.25, 0.3) is 0 Å². The summed E-state index contributed by atoms with van der Waals surface area (Å²) in [6.07, 6.45) is 1.09. The van der Waals surface area contributed by atoms with E-state index in [2.05, 4.69) is 10.6 Å². The lowest BCUT2D eigenvalue weighted by Crippen LogP contribution is -2.30. The lowest BCUT2D eigenvalue weighted by atomic mass is 9.94. The smallest absolute Gasteiger partial charge is 0.117 e. The van der Waals surface area contributed by atoms with Crippen LogP contribution in [0.3, 0.4) is 0 Å². The van der Waals surface area contributed by atoms with E-state index in [1.54, 1.807) is 12.1 Å². The van der Waals surface area contributed by atoms with E-state index in [0.717, 1.165) is 25.2 Å². The summed E-state index contributed by atoms with van der Waals surface area (Å²) in [4.78, 5) is 0. The van der Waals surface area contributed by atoms with Crippen LogP contribution in [0.4, 0.5) is 5.69 Å². The largest absolute Gasteiger partial charge is 0.508 e. The number of nitrogens with one attached hydrogen (secondary N) is 2. The highest BCUT2D eigenvalue weighted by Crippen LogP contribution is 2.27. The van der Waals surface area contributed by atoms with E-state index in [1.807, 2.05) is 13.1 Å². The van der Waals surface area contributed by atoms with Crippen molar-refractivity contribution in [2.45, 2.75) is 6.42 Å². The minimum Gasteiger partial charge on any atom is -0.508 e. The summed E-state index contributed by atoms with van der Waals surface area (Å²) in [6, 6.07) is 5.55. The zero-order valence-corrected chi connectivity index (χ0v) is 8.38. The van der Waals surface area contributed by atoms with Crippen molar-refractivity contribution in [2.24, 2.45) is 5.92 Å². The van der Waals surface area contributed by atoms with Crippen molar-refractivity contribution in [1.82, 2.24) is 5.32 Å². The second-order valence-electron chi connectivity index (χ2n) is 3.85. The summed E-state index contributed by atoms with van der Waals surface area (Å²) in [5.74, 6) is 0.986. The summed E-state index contributed by atoms with van der Waals surface area (Å²) in [5.41, 5.74) is 2.38. The number of rotatable bonds is 2. The van der Waals surface area contributed by atoms with Crippen molar-refractivity contribution in [1.29, 1.82) is 0 Å². The van der Waals surface area contributed by atoms with Gasteiger partial charge in [0.05, 0.1) is 0 Å². The van der Waals surface area contributed by atoms with Crippen LogP contribution in [0.5, 0.6) is 5.75 Å². The topological polar surface area (TPSA) is 44.3 Å². The van der Waals surface area contributed by atoms with E-state index in [0.29, 0.717) is 11.7 Å². The van der Waals surface area contributed by atoms with Crippen molar-refractivity contribution in [3.63, 3.8) is 0 Å². The Balaban J connectivity index is 2.15. The molecule has 0 radical (unpaired) electrons. The first-order valence-corrected chi connectivity index (χ1v) is 5.00. The van der Waals surface area contributed by atoms with Gasteiger partial charge in [-0.3, -0.25) is 0 Å². The van der Waals surface area contributed by atoms with Crippen LogP contribution in [-0.2, 0) is 6.42 Å². The van der Waals surface area contributed by atoms with Gasteiger partial charge in [0, 0.05) is 18.3 Å². The molecule has 0 saturated carbocycles. The summed E-state index contributed by atoms with van der Waals surface area (Å²) >= 11 is 0. The molecule has 0 amide bonds. The monoisotopic (exact) mass is 192 g/mol. The first kappa shape index (κ1) is 9.34. The van der Waals surface area contributed by atoms with E-state index in [4.69, 9.17) is 0 Å². The van der Waals surface area contributed by atoms with Gasteiger partial charge in [0.15, 0.2) is 0 Å². The van der Waals surface area contributed by atoms with Crippen molar-refractivity contribution in [3.05, 3.63) is 23.8 Å². The molecule has 3 heteroatoms. The van der Waals surface area contributed by atoms with Crippen LogP contribution >= 0.6 is 0 Å². The Morgan fingerprint density at radius 2 is 2.43 bits per heavy atom. The highest BCUT2D eigenvalue weighted by atomic mass is 16.3. The summed E-state index contributed by atoms with van der Waals surface area (Å²) in [5, 5.41) is 15.8. The molecule has 0 fully saturated rings. The Morgan fingerprint density at radius 1 is 1.57 bits per heavy atom. The van der Waals surface area contributed by atoms with E-state index < -0.39 is 0 Å². The van der Waals surface area contributed by atoms with E-state index in [9.17, 15) is 5.11 Å². The minimum absolute atomic E-state index is 0.336. The Kier molecular flexibility index (Phi) is 2.59. The number of hydrogen-bond acceptors (Lipinski definition) is 3. The molecule has 1 aliphatic heterocycles. The molecule has 0 spiro atoms. The average molecular weight is 192 g/mol. The van der Waals surface area contributed by atoms with Gasteiger partial charge >= 0.3 is 0 Å². The van der Waals surface area contributed by atoms with Crippen molar-refractivity contribution < 1.29 is 5.11 Å². The van der Waals surface area contributed by atoms with Crippen LogP contribution < -0.4 is 10.6 Å². The lowest BCUT2D eigenvalue weighted by molar-refractivity contribution is 0.472. The van der Waals surface area contributed by atoms with Crippen LogP contribution in [0, 0.1) is 5.92 Å². The molecule has 1 heterocycles. The van der Waals surface area contributed by atoms with Crippen molar-refractivity contribution in [2.75, 3.05) is 25.5 Å². The predicted octanol–water partition coefficient (Wildman–Crippen LogP) is 1.20. The van der Waals surface area contributed by atoms with Crippen LogP contribution in [0.1, 0.15) is 5.56 Å². The van der Waals surface area contributed by atoms with Crippen LogP contribution in [0.15, 0.2) is 18.2 Å². The average Bonchev–Trinajstić information content (AvgIpc) is 2.19. The molecule has 2 rings (SSSR count). The first-order chi connectivity index (χ1) is 6.79. The molecule has 1 aliphatic rings. The van der Waals surface area contributed by atoms with Crippen molar-refractivity contribution >= 4 is 5.69 Å². The maximum absolute atomic E-state index is 9.31. The maximum atomic E-state index is 9.31. The molecule has 0 saturated heterocycles. The number of benzene rings is 1. The quantitative estimate of drug-likeness (QED) is 0.659. The molecule has 3 N–H and O–H groups in total. The number of aromatic hydroxyl groups is 1. The van der Waals surface area contributed by atoms with Gasteiger partial charge in [-0.1, -0.05) is 6.07 Å². The first-order valence-electron chi connectivity index (χ1n) is 5.00. The number of fused-ring (bicyclic) bond motifs is 1. The molecule has 1 atom stereocenters. The fourth-order valence-corrected chi connectivity index (χ4v) is 1.98. The van der Waals surface area contributed by atoms with Crippen LogP contribution in [0.2, 0.25) is 0 Å². The molecule has 1 aromatic carbocycles. The molecule has 0 aliphatic carbocycles. The fourth-order valence-electron chi connectivity index (χ4n) is 1.98. The third-order valence-electron chi connectivity index (χ3n) is 2.68. The third-order valence-corrected chi connectivity index (χ3v) is 2.68. The molecular formula is C11H16N2O. The van der Waals surface area contributed by atoms with E-state index in [-0.39, 0.29) is 0 Å². The zero-order chi connectivity index (χ0) is 9.97. The van der Waals surface area contributed by atoms with Crippen molar-refractivity contribution in [3.8, 4) is 5.75 Å². The second kappa shape index (κ2) is 3.88. The van der Waals surface area contributed by atoms with Gasteiger partial charge in [0.1, 0.15) is 5.75 Å². The SMILES string of the molecule is CNCC1CNc2cc(O)ccc2C1. The number of phenols is 1. The second-order valence-corrected chi connectivity index (χ2v) is 3.85. The molecule has 0 aromatic heterocycles. The number of hydrogen-bond donors (Lipinski definition) is 3. The predicted molar refractivity (Wildman–Crippen MR) is 57.7 cm³/mol. The molecular weight excluding hydrogens is 176 g/mol. The maximum Gasteiger partial charge on any atom is 0.117 e. The Morgan fingerprint density at radius 3 is 3.21 bits per heavy atom. The highest BCUT2D eigenvalue weighted by Gasteiger charge is 2.17. The standard InChI is InChI=1S/C11H16N2O/c1-12-6-8-4-9-2-3-10(14)5-11(9)13-7-8/h2-3,5,8,12-14H,4,6-7H2,1H3. The molecule has 1 unspecified atom stereocenters. The molecule has 0 bridgehead atoms. The van der Waals surface area contributed by atoms with Gasteiger partial charge in [-0.05, 0) is 37.6 Å². The molecule has 3 nitrogen and oxygen atoms in total. The molecule has 76 valence electrons. The van der Waals surface area contributed by atoms with E-state index >= 15 is 0 Å². The molecule has 1 aromatic rings. The number of phenolic OH excluding ortho intramolecular Hbond substituents is 1. The minimum atomic E-state index is 0.336. The zero-order valence-electron chi connectivity index (χ0n) is 8.38. The van der Waals surface area contributed by atoms with Gasteiger partial charge < -0.3 is 15.7 Å². The van der Waals surface area contributed by atoms with Gasteiger partial charge in [0.2, 0.25) is 0 Å². The third kappa shape index (κ3) is 1.82. The molecule has 14 heavy (non-hydrogen) atoms. The van der Waals surface area contributed by atoms with Gasteiger partial charge in [-0.25, -0.2) is 0 Å². The normalized spacial score (nSPS) is 19.9. The highest BCUT2D eigenvalue weighted by molar-refractivity contribution is 5.56. The van der Waals surface area contributed by atoms with Gasteiger partial charge in [0.25, 0.3) is 0 Å². The summed E-state index contributed by atoms with van der Waals surface area (Å²) in [7, 11) is 1.98. The Labute approximate surface area is 84.1 Å². The van der Waals surface area contributed by atoms with Crippen LogP contribution in [-0.4, -0.2) is 25.2 Å². The fraction of sp³-hybridized carbons (Fsp3) is 0.455. The summed E-state index contributed by atoms with van der Waals surface area (Å²) < 4.78 is 0. The van der Waals surface area contributed by atoms with Gasteiger partial charge in [-0.2, -0.15) is 0 Å². The van der Waals surface area contributed by atoms with E-state index in [1.165, 1.54) is 5.56 Å². The Bertz CT molecular complexity index is 325. The Hall–Kier alpha value is -1.22. The number of anilines is 1. The van der Waals surface area contributed by atoms with Gasteiger partial charge in [-0.15, -0.1) is 0 Å². The summed E-state index contributed by atoms with van der Waals surface area (Å²) in [6.45, 7) is 2.02. The lowest BCUT2D eigenvalue weighted by Gasteiger charge is -2.26.